The van der Waals surface area contributed by atoms with E-state index in [1.54, 1.807) is 19.1 Å². The van der Waals surface area contributed by atoms with E-state index in [0.717, 1.165) is 25.0 Å². The Morgan fingerprint density at radius 3 is 2.54 bits per heavy atom. The largest absolute Gasteiger partial charge is 0.481 e. The van der Waals surface area contributed by atoms with E-state index >= 15 is 0 Å². The lowest BCUT2D eigenvalue weighted by Gasteiger charge is -2.63. The highest BCUT2D eigenvalue weighted by Gasteiger charge is 2.67. The number of carbonyl (C=O) groups is 3. The Bertz CT molecular complexity index is 2120. The lowest BCUT2D eigenvalue weighted by atomic mass is 9.45. The molecule has 3 saturated carbocycles. The summed E-state index contributed by atoms with van der Waals surface area (Å²) in [7, 11) is 0.522. The fourth-order valence-electron chi connectivity index (χ4n) is 9.04. The number of methoxy groups -OCH3 is 1. The van der Waals surface area contributed by atoms with Crippen LogP contribution >= 0.6 is 0 Å². The van der Waals surface area contributed by atoms with Gasteiger partial charge in [-0.1, -0.05) is 39.0 Å². The van der Waals surface area contributed by atoms with Gasteiger partial charge in [-0.2, -0.15) is 13.2 Å². The molecule has 4 N–H and O–H groups in total. The summed E-state index contributed by atoms with van der Waals surface area (Å²) in [5, 5.41) is 11.5. The summed E-state index contributed by atoms with van der Waals surface area (Å²) in [5.74, 6) is -0.731. The minimum Gasteiger partial charge on any atom is -0.465 e. The van der Waals surface area contributed by atoms with Crippen LogP contribution in [0.2, 0.25) is 0 Å². The number of ether oxygens (including phenoxy) is 1. The van der Waals surface area contributed by atoms with Crippen LogP contribution in [0.25, 0.3) is 0 Å². The number of nitrogens with zero attached hydrogens (tertiary/aromatic N) is 2. The van der Waals surface area contributed by atoms with Crippen molar-refractivity contribution in [1.29, 1.82) is 0 Å². The highest BCUT2D eigenvalue weighted by Crippen LogP contribution is 2.64. The quantitative estimate of drug-likeness (QED) is 0.147. The van der Waals surface area contributed by atoms with Gasteiger partial charge in [0.15, 0.2) is 0 Å². The highest BCUT2D eigenvalue weighted by molar-refractivity contribution is 6.47. The first kappa shape index (κ1) is 39.3. The molecule has 5 aliphatic rings. The molecule has 1 aromatic heterocycles. The van der Waals surface area contributed by atoms with E-state index < -0.39 is 65.4 Å². The molecule has 2 bridgehead atoms. The molecule has 56 heavy (non-hydrogen) atoms. The second kappa shape index (κ2) is 14.2. The fraction of sp³-hybridized carbons (Fsp3) is 0.513. The van der Waals surface area contributed by atoms with Crippen molar-refractivity contribution in [2.75, 3.05) is 17.7 Å². The summed E-state index contributed by atoms with van der Waals surface area (Å²) < 4.78 is 59.3. The van der Waals surface area contributed by atoms with Crippen molar-refractivity contribution in [3.05, 3.63) is 87.6 Å². The lowest BCUT2D eigenvalue weighted by Crippen LogP contribution is -2.63. The molecule has 8 rings (SSSR count). The van der Waals surface area contributed by atoms with Crippen LogP contribution in [0.15, 0.2) is 59.5 Å². The Hall–Kier alpha value is -4.90. The predicted octanol–water partition coefficient (Wildman–Crippen LogP) is 5.80. The SMILES string of the molecule is CC[C@H](NC(=O)[C@@H]1C[C@@](C)(NC(=O)Nc2cccc(C(=O)OC)c2)c2ncc(NCc3cccc(C(F)(F)F)c3)c(=O)n21)B1O[C@@H]2C3CC(C[C@]2(C)O1)C3(C)C. The van der Waals surface area contributed by atoms with E-state index in [9.17, 15) is 32.3 Å². The molecule has 0 radical (unpaired) electrons. The Balaban J connectivity index is 1.15. The molecule has 1 saturated heterocycles. The smallest absolute Gasteiger partial charge is 0.465 e. The molecule has 3 aliphatic carbocycles. The van der Waals surface area contributed by atoms with Gasteiger partial charge in [0.1, 0.15) is 17.6 Å². The highest BCUT2D eigenvalue weighted by atomic mass is 19.4. The normalized spacial score (nSPS) is 27.6. The van der Waals surface area contributed by atoms with Crippen LogP contribution in [0, 0.1) is 17.3 Å². The molecule has 0 spiro atoms. The van der Waals surface area contributed by atoms with Crippen LogP contribution in [-0.4, -0.2) is 59.3 Å². The van der Waals surface area contributed by atoms with Gasteiger partial charge in [-0.3, -0.25) is 14.2 Å². The first-order valence-electron chi connectivity index (χ1n) is 18.8. The predicted molar refractivity (Wildman–Crippen MR) is 201 cm³/mol. The van der Waals surface area contributed by atoms with Gasteiger partial charge in [-0.05, 0) is 86.3 Å². The number of esters is 1. The van der Waals surface area contributed by atoms with E-state index in [1.165, 1.54) is 42.1 Å². The average molecular weight is 779 g/mol. The number of benzene rings is 2. The molecule has 3 aromatic rings. The number of anilines is 2. The molecule has 2 aliphatic heterocycles. The summed E-state index contributed by atoms with van der Waals surface area (Å²) in [6.07, 6.45) is -1.11. The summed E-state index contributed by atoms with van der Waals surface area (Å²) >= 11 is 0. The number of halogens is 3. The zero-order chi connectivity index (χ0) is 40.4. The first-order valence-corrected chi connectivity index (χ1v) is 18.8. The average Bonchev–Trinajstić information content (AvgIpc) is 3.67. The molecule has 2 unspecified atom stereocenters. The first-order chi connectivity index (χ1) is 26.4. The van der Waals surface area contributed by atoms with Crippen molar-refractivity contribution in [3.8, 4) is 0 Å². The topological polar surface area (TPSA) is 162 Å². The molecule has 4 fully saturated rings. The van der Waals surface area contributed by atoms with Gasteiger partial charge in [0.25, 0.3) is 5.56 Å². The van der Waals surface area contributed by atoms with Crippen molar-refractivity contribution in [2.24, 2.45) is 17.3 Å². The third-order valence-corrected chi connectivity index (χ3v) is 12.3. The number of hydrogen-bond donors (Lipinski definition) is 4. The second-order valence-corrected chi connectivity index (χ2v) is 16.4. The molecular weight excluding hydrogens is 732 g/mol. The van der Waals surface area contributed by atoms with E-state index in [1.807, 2.05) is 6.92 Å². The lowest BCUT2D eigenvalue weighted by molar-refractivity contribution is -0.185. The van der Waals surface area contributed by atoms with Gasteiger partial charge >= 0.3 is 25.3 Å². The molecule has 7 atom stereocenters. The Kier molecular flexibility index (Phi) is 10.0. The van der Waals surface area contributed by atoms with Crippen molar-refractivity contribution >= 4 is 36.4 Å². The van der Waals surface area contributed by atoms with E-state index in [2.05, 4.69) is 47.0 Å². The third-order valence-electron chi connectivity index (χ3n) is 12.3. The van der Waals surface area contributed by atoms with Gasteiger partial charge in [-0.15, -0.1) is 0 Å². The van der Waals surface area contributed by atoms with Crippen LogP contribution in [-0.2, 0) is 37.1 Å². The van der Waals surface area contributed by atoms with Crippen LogP contribution in [0.3, 0.4) is 0 Å². The number of hydrogen-bond acceptors (Lipinski definition) is 9. The van der Waals surface area contributed by atoms with Gasteiger partial charge < -0.3 is 35.3 Å². The number of alkyl halides is 3. The monoisotopic (exact) mass is 778 g/mol. The maximum atomic E-state index is 14.4. The van der Waals surface area contributed by atoms with E-state index in [0.29, 0.717) is 23.9 Å². The van der Waals surface area contributed by atoms with Gasteiger partial charge in [0.2, 0.25) is 5.91 Å². The van der Waals surface area contributed by atoms with Crippen molar-refractivity contribution < 1.29 is 41.6 Å². The van der Waals surface area contributed by atoms with Crippen LogP contribution < -0.4 is 26.8 Å². The Morgan fingerprint density at radius 1 is 1.09 bits per heavy atom. The molecule has 3 heterocycles. The fourth-order valence-corrected chi connectivity index (χ4v) is 9.04. The number of fused-ring (bicyclic) bond motifs is 1. The molecular formula is C39H46BF3N6O7. The number of nitrogens with one attached hydrogen (secondary N) is 4. The van der Waals surface area contributed by atoms with Crippen molar-refractivity contribution in [2.45, 2.75) is 102 Å². The number of rotatable bonds is 10. The molecule has 17 heteroatoms. The second-order valence-electron chi connectivity index (χ2n) is 16.4. The Labute approximate surface area is 322 Å². The van der Waals surface area contributed by atoms with Crippen LogP contribution in [0.1, 0.15) is 93.7 Å². The summed E-state index contributed by atoms with van der Waals surface area (Å²) in [6, 6.07) is 9.00. The van der Waals surface area contributed by atoms with Gasteiger partial charge in [-0.25, -0.2) is 14.6 Å². The summed E-state index contributed by atoms with van der Waals surface area (Å²) in [4.78, 5) is 58.7. The molecule has 3 amide bonds. The third kappa shape index (κ3) is 7.03. The number of aromatic nitrogens is 2. The maximum Gasteiger partial charge on any atom is 0.481 e. The zero-order valence-electron chi connectivity index (χ0n) is 32.1. The summed E-state index contributed by atoms with van der Waals surface area (Å²) in [5.41, 5.74) is -2.46. The summed E-state index contributed by atoms with van der Waals surface area (Å²) in [6.45, 7) is 10.0. The number of carbonyl (C=O) groups excluding carboxylic acids is 3. The van der Waals surface area contributed by atoms with Gasteiger partial charge in [0.05, 0.1) is 47.6 Å². The molecule has 298 valence electrons. The van der Waals surface area contributed by atoms with Crippen LogP contribution in [0.5, 0.6) is 0 Å². The molecule has 13 nitrogen and oxygen atoms in total. The minimum absolute atomic E-state index is 0.0506. The molecule has 2 aromatic carbocycles. The zero-order valence-corrected chi connectivity index (χ0v) is 32.1. The van der Waals surface area contributed by atoms with E-state index in [4.69, 9.17) is 14.0 Å². The number of amides is 3. The Morgan fingerprint density at radius 2 is 1.84 bits per heavy atom. The number of urea groups is 1. The van der Waals surface area contributed by atoms with E-state index in [-0.39, 0.29) is 47.1 Å². The van der Waals surface area contributed by atoms with Crippen molar-refractivity contribution in [1.82, 2.24) is 20.2 Å². The standard InChI is InChI=1S/C39H46BF3N6O7/c1-7-29(40-55-30-26-16-24(36(26,2)3)17-38(30,5)56-40)47-31(50)28-18-37(4,48-35(53)46-25-13-9-11-22(15-25)33(52)54-6)34-45-20-27(32(51)49(28)34)44-19-21-10-8-12-23(14-21)39(41,42)43/h8-15,20,24,26,28-30,44H,7,16-19H2,1-6H3,(H,47,50)(H2,46,48,53)/t24?,26?,28-,29-,30+,37+,38-/m0/s1. The van der Waals surface area contributed by atoms with Gasteiger partial charge in [0, 0.05) is 18.7 Å². The minimum atomic E-state index is -4.54. The van der Waals surface area contributed by atoms with Crippen LogP contribution in [0.4, 0.5) is 29.3 Å². The van der Waals surface area contributed by atoms with Crippen molar-refractivity contribution in [3.63, 3.8) is 0 Å². The maximum absolute atomic E-state index is 14.4.